The molecule has 1 heterocycles. The van der Waals surface area contributed by atoms with E-state index < -0.39 is 12.1 Å². The van der Waals surface area contributed by atoms with Crippen molar-refractivity contribution in [2.75, 3.05) is 34.8 Å². The van der Waals surface area contributed by atoms with Gasteiger partial charge in [-0.2, -0.15) is 13.2 Å². The molecule has 2 aromatic rings. The summed E-state index contributed by atoms with van der Waals surface area (Å²) in [5.41, 5.74) is 4.08. The number of hydroxylamine groups is 1. The smallest absolute Gasteiger partial charge is 0.475 e. The molecule has 0 spiro atoms. The summed E-state index contributed by atoms with van der Waals surface area (Å²) in [6.07, 6.45) is 2.02. The molecule has 0 aliphatic carbocycles. The number of amides is 3. The lowest BCUT2D eigenvalue weighted by molar-refractivity contribution is -0.192. The number of hydrogen-bond donors (Lipinski definition) is 4. The van der Waals surface area contributed by atoms with Crippen LogP contribution in [0.1, 0.15) is 51.4 Å². The number of benzene rings is 2. The molecular weight excluding hydrogens is 588 g/mol. The molecule has 0 unspecified atom stereocenters. The van der Waals surface area contributed by atoms with Gasteiger partial charge in [-0.05, 0) is 68.5 Å². The standard InChI is InChI=1S/C25H32Cl2N4O3.C2HF3O2/c26-21-9-8-10-22(24(21)27)28-25(33)31(18-7-2-1-4-11-23(32)29-34)20-14-12-19(13-15-20)30-16-5-3-6-17-30;3-2(4,5)1(6)7/h8-10,12-15,34H,1-7,11,16-18H2,(H,28,33)(H,29,32);(H,6,7). The Morgan fingerprint density at radius 3 is 2.12 bits per heavy atom. The van der Waals surface area contributed by atoms with E-state index in [1.165, 1.54) is 24.9 Å². The van der Waals surface area contributed by atoms with E-state index >= 15 is 0 Å². The Bertz CT molecular complexity index is 1150. The zero-order valence-corrected chi connectivity index (χ0v) is 23.7. The molecule has 0 saturated carbocycles. The van der Waals surface area contributed by atoms with Crippen LogP contribution in [0.15, 0.2) is 42.5 Å². The molecule has 3 amide bonds. The lowest BCUT2D eigenvalue weighted by atomic mass is 10.1. The largest absolute Gasteiger partial charge is 0.490 e. The van der Waals surface area contributed by atoms with Gasteiger partial charge in [0.05, 0.1) is 15.7 Å². The molecule has 0 atom stereocenters. The Labute approximate surface area is 246 Å². The molecule has 1 aliphatic heterocycles. The van der Waals surface area contributed by atoms with Crippen molar-refractivity contribution in [1.29, 1.82) is 0 Å². The van der Waals surface area contributed by atoms with Crippen LogP contribution < -0.4 is 20.6 Å². The number of carboxylic acids is 1. The number of carbonyl (C=O) groups excluding carboxylic acids is 2. The van der Waals surface area contributed by atoms with Crippen LogP contribution in [-0.2, 0) is 9.59 Å². The zero-order valence-electron chi connectivity index (χ0n) is 22.2. The molecule has 1 aliphatic rings. The molecule has 41 heavy (non-hydrogen) atoms. The first-order valence-electron chi connectivity index (χ1n) is 13.0. The molecule has 1 fully saturated rings. The van der Waals surface area contributed by atoms with Crippen molar-refractivity contribution in [3.05, 3.63) is 52.5 Å². The van der Waals surface area contributed by atoms with Gasteiger partial charge >= 0.3 is 18.2 Å². The third-order valence-electron chi connectivity index (χ3n) is 6.22. The van der Waals surface area contributed by atoms with Crippen LogP contribution in [0.3, 0.4) is 0 Å². The van der Waals surface area contributed by atoms with Crippen molar-refractivity contribution < 1.29 is 37.9 Å². The molecule has 0 bridgehead atoms. The third kappa shape index (κ3) is 11.7. The number of piperidine rings is 1. The van der Waals surface area contributed by atoms with Crippen molar-refractivity contribution in [3.8, 4) is 0 Å². The number of rotatable bonds is 10. The van der Waals surface area contributed by atoms with E-state index in [1.807, 2.05) is 12.1 Å². The topological polar surface area (TPSA) is 122 Å². The van der Waals surface area contributed by atoms with Crippen molar-refractivity contribution in [2.24, 2.45) is 0 Å². The maximum atomic E-state index is 13.2. The second kappa shape index (κ2) is 16.9. The van der Waals surface area contributed by atoms with Crippen LogP contribution in [0.5, 0.6) is 0 Å². The summed E-state index contributed by atoms with van der Waals surface area (Å²) >= 11 is 12.4. The fraction of sp³-hybridized carbons (Fsp3) is 0.444. The quantitative estimate of drug-likeness (QED) is 0.127. The fourth-order valence-corrected chi connectivity index (χ4v) is 4.44. The second-order valence-corrected chi connectivity index (χ2v) is 10.0. The zero-order chi connectivity index (χ0) is 30.4. The molecule has 3 rings (SSSR count). The van der Waals surface area contributed by atoms with Crippen molar-refractivity contribution in [2.45, 2.75) is 57.5 Å². The minimum atomic E-state index is -5.08. The predicted octanol–water partition coefficient (Wildman–Crippen LogP) is 7.11. The fourth-order valence-electron chi connectivity index (χ4n) is 4.09. The highest BCUT2D eigenvalue weighted by Crippen LogP contribution is 2.30. The summed E-state index contributed by atoms with van der Waals surface area (Å²) in [5.74, 6) is -3.14. The molecule has 2 aromatic carbocycles. The molecule has 226 valence electrons. The Hall–Kier alpha value is -3.22. The summed E-state index contributed by atoms with van der Waals surface area (Å²) in [4.78, 5) is 37.4. The van der Waals surface area contributed by atoms with Gasteiger partial charge in [0.25, 0.3) is 0 Å². The number of nitrogens with one attached hydrogen (secondary N) is 2. The third-order valence-corrected chi connectivity index (χ3v) is 7.04. The highest BCUT2D eigenvalue weighted by atomic mass is 35.5. The van der Waals surface area contributed by atoms with Gasteiger partial charge < -0.3 is 15.3 Å². The molecule has 9 nitrogen and oxygen atoms in total. The monoisotopic (exact) mass is 620 g/mol. The van der Waals surface area contributed by atoms with Gasteiger partial charge in [0, 0.05) is 37.4 Å². The first kappa shape index (κ1) is 34.0. The lowest BCUT2D eigenvalue weighted by Crippen LogP contribution is -2.36. The molecule has 14 heteroatoms. The van der Waals surface area contributed by atoms with E-state index in [1.54, 1.807) is 28.6 Å². The van der Waals surface area contributed by atoms with Crippen LogP contribution in [0.25, 0.3) is 0 Å². The van der Waals surface area contributed by atoms with Gasteiger partial charge in [-0.3, -0.25) is 14.9 Å². The Morgan fingerprint density at radius 1 is 0.927 bits per heavy atom. The van der Waals surface area contributed by atoms with Gasteiger partial charge in [-0.25, -0.2) is 15.1 Å². The SMILES string of the molecule is O=C(CCCCCCN(C(=O)Nc1cccc(Cl)c1Cl)c1ccc(N2CCCCC2)cc1)NO.O=C(O)C(F)(F)F. The van der Waals surface area contributed by atoms with Crippen molar-refractivity contribution >= 4 is 58.2 Å². The van der Waals surface area contributed by atoms with Gasteiger partial charge in [0.2, 0.25) is 5.91 Å². The van der Waals surface area contributed by atoms with Crippen molar-refractivity contribution in [3.63, 3.8) is 0 Å². The van der Waals surface area contributed by atoms with E-state index in [4.69, 9.17) is 38.3 Å². The highest BCUT2D eigenvalue weighted by molar-refractivity contribution is 6.44. The van der Waals surface area contributed by atoms with Crippen LogP contribution in [0.4, 0.5) is 35.0 Å². The number of hydrogen-bond acceptors (Lipinski definition) is 5. The van der Waals surface area contributed by atoms with Crippen LogP contribution in [0, 0.1) is 0 Å². The summed E-state index contributed by atoms with van der Waals surface area (Å²) < 4.78 is 31.7. The van der Waals surface area contributed by atoms with Crippen LogP contribution in [0.2, 0.25) is 10.0 Å². The van der Waals surface area contributed by atoms with Crippen LogP contribution >= 0.6 is 23.2 Å². The number of aliphatic carboxylic acids is 1. The van der Waals surface area contributed by atoms with Gasteiger partial charge in [-0.15, -0.1) is 0 Å². The molecular formula is C27H33Cl2F3N4O5. The first-order valence-corrected chi connectivity index (χ1v) is 13.8. The highest BCUT2D eigenvalue weighted by Gasteiger charge is 2.38. The first-order chi connectivity index (χ1) is 19.4. The number of urea groups is 1. The number of alkyl halides is 3. The Kier molecular flexibility index (Phi) is 14.0. The molecule has 0 aromatic heterocycles. The molecule has 0 radical (unpaired) electrons. The summed E-state index contributed by atoms with van der Waals surface area (Å²) in [5, 5.41) is 19.3. The summed E-state index contributed by atoms with van der Waals surface area (Å²) in [6, 6.07) is 13.0. The van der Waals surface area contributed by atoms with E-state index in [-0.39, 0.29) is 18.4 Å². The van der Waals surface area contributed by atoms with E-state index in [2.05, 4.69) is 22.3 Å². The van der Waals surface area contributed by atoms with E-state index in [0.29, 0.717) is 28.7 Å². The van der Waals surface area contributed by atoms with Gasteiger partial charge in [0.1, 0.15) is 0 Å². The van der Waals surface area contributed by atoms with Gasteiger partial charge in [0.15, 0.2) is 0 Å². The number of carbonyl (C=O) groups is 3. The predicted molar refractivity (Wildman–Crippen MR) is 152 cm³/mol. The van der Waals surface area contributed by atoms with E-state index in [9.17, 15) is 22.8 Å². The summed E-state index contributed by atoms with van der Waals surface area (Å²) in [6.45, 7) is 2.63. The normalized spacial score (nSPS) is 13.1. The molecule has 1 saturated heterocycles. The molecule has 4 N–H and O–H groups in total. The van der Waals surface area contributed by atoms with Crippen molar-refractivity contribution in [1.82, 2.24) is 5.48 Å². The number of nitrogens with zero attached hydrogens (tertiary/aromatic N) is 2. The minimum Gasteiger partial charge on any atom is -0.475 e. The number of halogens is 5. The number of unbranched alkanes of at least 4 members (excludes halogenated alkanes) is 3. The average Bonchev–Trinajstić information content (AvgIpc) is 2.95. The second-order valence-electron chi connectivity index (χ2n) is 9.25. The Morgan fingerprint density at radius 2 is 1.54 bits per heavy atom. The Balaban J connectivity index is 0.000000745. The average molecular weight is 621 g/mol. The van der Waals surface area contributed by atoms with Crippen LogP contribution in [-0.4, -0.2) is 54.0 Å². The number of carboxylic acid groups (broad SMARTS) is 1. The summed E-state index contributed by atoms with van der Waals surface area (Å²) in [7, 11) is 0. The van der Waals surface area contributed by atoms with E-state index in [0.717, 1.165) is 38.0 Å². The maximum Gasteiger partial charge on any atom is 0.490 e. The number of anilines is 3. The van der Waals surface area contributed by atoms with Gasteiger partial charge in [-0.1, -0.05) is 42.1 Å². The minimum absolute atomic E-state index is 0.283. The lowest BCUT2D eigenvalue weighted by Gasteiger charge is -2.29. The maximum absolute atomic E-state index is 13.2.